The fourth-order valence-corrected chi connectivity index (χ4v) is 8.01. The van der Waals surface area contributed by atoms with Gasteiger partial charge in [-0.15, -0.1) is 0 Å². The predicted molar refractivity (Wildman–Crippen MR) is 171 cm³/mol. The second-order valence-electron chi connectivity index (χ2n) is 12.2. The van der Waals surface area contributed by atoms with E-state index in [9.17, 15) is 9.59 Å². The zero-order valence-electron chi connectivity index (χ0n) is 24.5. The Morgan fingerprint density at radius 1 is 0.841 bits per heavy atom. The highest BCUT2D eigenvalue weighted by Crippen LogP contribution is 2.60. The number of hydrazone groups is 1. The van der Waals surface area contributed by atoms with Gasteiger partial charge >= 0.3 is 0 Å². The lowest BCUT2D eigenvalue weighted by Gasteiger charge is -2.57. The van der Waals surface area contributed by atoms with Crippen molar-refractivity contribution in [1.82, 2.24) is 5.43 Å². The number of benzene rings is 3. The largest absolute Gasteiger partial charge is 0.493 e. The molecule has 4 aliphatic rings. The van der Waals surface area contributed by atoms with E-state index in [2.05, 4.69) is 28.0 Å². The number of nitrogens with zero attached hydrogens (tertiary/aromatic N) is 1. The van der Waals surface area contributed by atoms with Crippen LogP contribution in [-0.4, -0.2) is 38.4 Å². The molecule has 44 heavy (non-hydrogen) atoms. The zero-order chi connectivity index (χ0) is 30.7. The Bertz CT molecular complexity index is 1520. The van der Waals surface area contributed by atoms with Crippen molar-refractivity contribution in [3.8, 4) is 17.2 Å². The van der Waals surface area contributed by atoms with Crippen molar-refractivity contribution in [2.75, 3.05) is 25.6 Å². The molecule has 0 aromatic heterocycles. The molecule has 10 heteroatoms. The fraction of sp³-hybridized carbons (Fsp3) is 0.382. The van der Waals surface area contributed by atoms with Crippen molar-refractivity contribution in [3.05, 3.63) is 81.8 Å². The average molecular weight is 637 g/mol. The van der Waals surface area contributed by atoms with E-state index in [0.717, 1.165) is 23.4 Å². The lowest BCUT2D eigenvalue weighted by Crippen LogP contribution is -2.48. The van der Waals surface area contributed by atoms with Gasteiger partial charge in [-0.05, 0) is 121 Å². The van der Waals surface area contributed by atoms with E-state index >= 15 is 0 Å². The molecule has 2 N–H and O–H groups in total. The van der Waals surface area contributed by atoms with Crippen LogP contribution < -0.4 is 25.0 Å². The van der Waals surface area contributed by atoms with Gasteiger partial charge in [0, 0.05) is 10.7 Å². The van der Waals surface area contributed by atoms with E-state index in [-0.39, 0.29) is 19.1 Å². The first-order valence-electron chi connectivity index (χ1n) is 14.9. The van der Waals surface area contributed by atoms with Gasteiger partial charge in [0.15, 0.2) is 24.7 Å². The SMILES string of the molecule is COc1cc(/C=N/NC(=O)COc2ccc(Cl)cc2Cl)ccc1OCC(=O)Nc1ccc(C23CC4CC(CC(C4)C2)C3)cc1. The Labute approximate surface area is 267 Å². The van der Waals surface area contributed by atoms with Crippen LogP contribution in [0.3, 0.4) is 0 Å². The summed E-state index contributed by atoms with van der Waals surface area (Å²) in [5.41, 5.74) is 5.57. The molecule has 7 rings (SSSR count). The predicted octanol–water partition coefficient (Wildman–Crippen LogP) is 7.02. The first-order chi connectivity index (χ1) is 21.3. The minimum absolute atomic E-state index is 0.172. The van der Waals surface area contributed by atoms with Gasteiger partial charge in [0.1, 0.15) is 5.75 Å². The summed E-state index contributed by atoms with van der Waals surface area (Å²) in [7, 11) is 1.51. The van der Waals surface area contributed by atoms with Crippen molar-refractivity contribution < 1.29 is 23.8 Å². The van der Waals surface area contributed by atoms with Crippen LogP contribution in [0.2, 0.25) is 10.0 Å². The molecule has 0 aliphatic heterocycles. The minimum Gasteiger partial charge on any atom is -0.493 e. The summed E-state index contributed by atoms with van der Waals surface area (Å²) < 4.78 is 16.6. The summed E-state index contributed by atoms with van der Waals surface area (Å²) in [6.45, 7) is -0.447. The first kappa shape index (κ1) is 30.3. The molecule has 4 aliphatic carbocycles. The maximum absolute atomic E-state index is 12.7. The molecule has 0 spiro atoms. The van der Waals surface area contributed by atoms with Crippen LogP contribution in [0.15, 0.2) is 65.8 Å². The van der Waals surface area contributed by atoms with Gasteiger partial charge in [-0.25, -0.2) is 5.43 Å². The molecular formula is C34H35Cl2N3O5. The van der Waals surface area contributed by atoms with E-state index in [1.807, 2.05) is 12.1 Å². The number of nitrogens with one attached hydrogen (secondary N) is 2. The van der Waals surface area contributed by atoms with Crippen molar-refractivity contribution in [3.63, 3.8) is 0 Å². The van der Waals surface area contributed by atoms with Gasteiger partial charge < -0.3 is 19.5 Å². The molecule has 4 bridgehead atoms. The third kappa shape index (κ3) is 6.97. The summed E-state index contributed by atoms with van der Waals surface area (Å²) in [5.74, 6) is 3.13. The number of carbonyl (C=O) groups is 2. The molecule has 0 atom stereocenters. The summed E-state index contributed by atoms with van der Waals surface area (Å²) >= 11 is 11.9. The molecule has 0 unspecified atom stereocenters. The average Bonchev–Trinajstić information content (AvgIpc) is 2.99. The van der Waals surface area contributed by atoms with E-state index < -0.39 is 5.91 Å². The summed E-state index contributed by atoms with van der Waals surface area (Å²) in [4.78, 5) is 24.8. The highest BCUT2D eigenvalue weighted by molar-refractivity contribution is 6.35. The Kier molecular flexibility index (Phi) is 9.01. The Morgan fingerprint density at radius 2 is 1.48 bits per heavy atom. The number of hydrogen-bond acceptors (Lipinski definition) is 6. The van der Waals surface area contributed by atoms with E-state index in [1.165, 1.54) is 63.5 Å². The lowest BCUT2D eigenvalue weighted by molar-refractivity contribution is -0.123. The van der Waals surface area contributed by atoms with Crippen LogP contribution in [0.5, 0.6) is 17.2 Å². The molecule has 4 saturated carbocycles. The third-order valence-electron chi connectivity index (χ3n) is 9.02. The smallest absolute Gasteiger partial charge is 0.277 e. The third-order valence-corrected chi connectivity index (χ3v) is 9.55. The maximum atomic E-state index is 12.7. The fourth-order valence-electron chi connectivity index (χ4n) is 7.54. The standard InChI is InChI=1S/C34H35Cl2N3O5/c1-42-31-13-21(18-37-39-33(41)20-43-29-9-5-26(35)14-28(29)36)2-8-30(31)44-19-32(40)38-27-6-3-25(4-7-27)34-15-22-10-23(16-34)12-24(11-22)17-34/h2-9,13-14,18,22-24H,10-12,15-17,19-20H2,1H3,(H,38,40)(H,39,41)/b37-18+. The normalized spacial score (nSPS) is 23.4. The summed E-state index contributed by atoms with van der Waals surface area (Å²) in [6, 6.07) is 18.3. The molecule has 3 aromatic carbocycles. The van der Waals surface area contributed by atoms with E-state index in [0.29, 0.717) is 38.3 Å². The van der Waals surface area contributed by atoms with E-state index in [1.54, 1.807) is 30.3 Å². The second-order valence-corrected chi connectivity index (χ2v) is 13.0. The maximum Gasteiger partial charge on any atom is 0.277 e. The van der Waals surface area contributed by atoms with Crippen molar-refractivity contribution in [2.24, 2.45) is 22.9 Å². The zero-order valence-corrected chi connectivity index (χ0v) is 26.0. The number of rotatable bonds is 11. The molecule has 0 radical (unpaired) electrons. The van der Waals surface area contributed by atoms with Gasteiger partial charge in [-0.1, -0.05) is 35.3 Å². The van der Waals surface area contributed by atoms with Gasteiger partial charge in [0.05, 0.1) is 18.3 Å². The van der Waals surface area contributed by atoms with Gasteiger partial charge in [0.2, 0.25) is 0 Å². The number of anilines is 1. The molecule has 2 amide bonds. The number of ether oxygens (including phenoxy) is 3. The van der Waals surface area contributed by atoms with Gasteiger partial charge in [-0.3, -0.25) is 9.59 Å². The van der Waals surface area contributed by atoms with Crippen molar-refractivity contribution >= 4 is 46.9 Å². The molecule has 4 fully saturated rings. The number of halogens is 2. The summed E-state index contributed by atoms with van der Waals surface area (Å²) in [6.07, 6.45) is 9.67. The van der Waals surface area contributed by atoms with Gasteiger partial charge in [0.25, 0.3) is 11.8 Å². The van der Waals surface area contributed by atoms with Crippen molar-refractivity contribution in [2.45, 2.75) is 43.9 Å². The minimum atomic E-state index is -0.465. The van der Waals surface area contributed by atoms with Gasteiger partial charge in [-0.2, -0.15) is 5.10 Å². The number of hydrogen-bond donors (Lipinski definition) is 2. The molecule has 8 nitrogen and oxygen atoms in total. The van der Waals surface area contributed by atoms with E-state index in [4.69, 9.17) is 37.4 Å². The Balaban J connectivity index is 0.973. The Hall–Kier alpha value is -3.75. The van der Waals surface area contributed by atoms with Crippen molar-refractivity contribution in [1.29, 1.82) is 0 Å². The Morgan fingerprint density at radius 3 is 2.14 bits per heavy atom. The second kappa shape index (κ2) is 13.1. The number of amides is 2. The van der Waals surface area contributed by atoms with Crippen LogP contribution in [-0.2, 0) is 15.0 Å². The molecule has 0 heterocycles. The van der Waals surface area contributed by atoms with Crippen LogP contribution in [0, 0.1) is 17.8 Å². The first-order valence-corrected chi connectivity index (χ1v) is 15.7. The molecular weight excluding hydrogens is 601 g/mol. The number of carbonyl (C=O) groups excluding carboxylic acids is 2. The van der Waals surface area contributed by atoms with Crippen LogP contribution in [0.1, 0.15) is 49.7 Å². The molecule has 3 aromatic rings. The number of methoxy groups -OCH3 is 1. The highest BCUT2D eigenvalue weighted by atomic mass is 35.5. The summed E-state index contributed by atoms with van der Waals surface area (Å²) in [5, 5.41) is 7.67. The van der Waals surface area contributed by atoms with Crippen LogP contribution >= 0.6 is 23.2 Å². The quantitative estimate of drug-likeness (QED) is 0.174. The highest BCUT2D eigenvalue weighted by Gasteiger charge is 2.51. The lowest BCUT2D eigenvalue weighted by atomic mass is 9.48. The monoisotopic (exact) mass is 635 g/mol. The topological polar surface area (TPSA) is 98.2 Å². The molecule has 0 saturated heterocycles. The van der Waals surface area contributed by atoms with Crippen LogP contribution in [0.4, 0.5) is 5.69 Å². The van der Waals surface area contributed by atoms with Crippen LogP contribution in [0.25, 0.3) is 0 Å². The molecule has 230 valence electrons.